The Morgan fingerprint density at radius 2 is 2.29 bits per heavy atom. The Bertz CT molecular complexity index is 510. The number of benzene rings is 1. The van der Waals surface area contributed by atoms with Crippen LogP contribution in [0.3, 0.4) is 0 Å². The van der Waals surface area contributed by atoms with Gasteiger partial charge >= 0.3 is 0 Å². The summed E-state index contributed by atoms with van der Waals surface area (Å²) < 4.78 is 1.77. The van der Waals surface area contributed by atoms with E-state index < -0.39 is 0 Å². The second-order valence-electron chi connectivity index (χ2n) is 3.49. The molecule has 0 amide bonds. The van der Waals surface area contributed by atoms with Gasteiger partial charge in [-0.05, 0) is 17.9 Å². The third-order valence-electron chi connectivity index (χ3n) is 2.41. The Kier molecular flexibility index (Phi) is 4.10. The van der Waals surface area contributed by atoms with Crippen molar-refractivity contribution < 1.29 is 0 Å². The van der Waals surface area contributed by atoms with Gasteiger partial charge in [0.25, 0.3) is 0 Å². The van der Waals surface area contributed by atoms with Crippen LogP contribution in [-0.4, -0.2) is 15.5 Å². The highest BCUT2D eigenvalue weighted by Gasteiger charge is 2.09. The predicted octanol–water partition coefficient (Wildman–Crippen LogP) is 3.10. The standard InChI is InChI=1S/C12H14ClN3S/c1-2-17-12-5-3-4-11(10(12)6-14)16-8-9(13)7-15-16/h3-5,7-8H,2,6,14H2,1H3. The molecule has 0 aliphatic carbocycles. The first-order valence-electron chi connectivity index (χ1n) is 5.41. The fraction of sp³-hybridized carbons (Fsp3) is 0.250. The number of aromatic nitrogens is 2. The second kappa shape index (κ2) is 5.58. The number of nitrogens with two attached hydrogens (primary N) is 1. The average molecular weight is 268 g/mol. The van der Waals surface area contributed by atoms with E-state index in [4.69, 9.17) is 17.3 Å². The Hall–Kier alpha value is -0.970. The van der Waals surface area contributed by atoms with E-state index in [9.17, 15) is 0 Å². The molecule has 0 aliphatic heterocycles. The molecule has 1 aromatic carbocycles. The van der Waals surface area contributed by atoms with E-state index in [1.54, 1.807) is 28.8 Å². The molecule has 17 heavy (non-hydrogen) atoms. The van der Waals surface area contributed by atoms with Gasteiger partial charge in [0, 0.05) is 23.2 Å². The zero-order chi connectivity index (χ0) is 12.3. The lowest BCUT2D eigenvalue weighted by molar-refractivity contribution is 0.848. The highest BCUT2D eigenvalue weighted by Crippen LogP contribution is 2.27. The topological polar surface area (TPSA) is 43.8 Å². The van der Waals surface area contributed by atoms with E-state index in [-0.39, 0.29) is 0 Å². The van der Waals surface area contributed by atoms with Crippen molar-refractivity contribution in [1.82, 2.24) is 9.78 Å². The van der Waals surface area contributed by atoms with Crippen LogP contribution in [0, 0.1) is 0 Å². The van der Waals surface area contributed by atoms with Crippen LogP contribution in [0.4, 0.5) is 0 Å². The number of halogens is 1. The highest BCUT2D eigenvalue weighted by atomic mass is 35.5. The van der Waals surface area contributed by atoms with Gasteiger partial charge < -0.3 is 5.73 Å². The normalized spacial score (nSPS) is 10.8. The second-order valence-corrected chi connectivity index (χ2v) is 5.24. The number of hydrogen-bond donors (Lipinski definition) is 1. The van der Waals surface area contributed by atoms with E-state index >= 15 is 0 Å². The Balaban J connectivity index is 2.49. The van der Waals surface area contributed by atoms with Gasteiger partial charge in [-0.2, -0.15) is 5.10 Å². The zero-order valence-corrected chi connectivity index (χ0v) is 11.1. The van der Waals surface area contributed by atoms with Gasteiger partial charge in [-0.25, -0.2) is 4.68 Å². The lowest BCUT2D eigenvalue weighted by Crippen LogP contribution is -2.06. The summed E-state index contributed by atoms with van der Waals surface area (Å²) in [7, 11) is 0. The molecule has 90 valence electrons. The molecule has 5 heteroatoms. The fourth-order valence-electron chi connectivity index (χ4n) is 1.70. The van der Waals surface area contributed by atoms with Crippen LogP contribution in [0.5, 0.6) is 0 Å². The predicted molar refractivity (Wildman–Crippen MR) is 72.9 cm³/mol. The number of thioether (sulfide) groups is 1. The van der Waals surface area contributed by atoms with Crippen molar-refractivity contribution in [2.75, 3.05) is 5.75 Å². The molecule has 0 atom stereocenters. The third-order valence-corrected chi connectivity index (χ3v) is 3.59. The van der Waals surface area contributed by atoms with Crippen molar-refractivity contribution in [1.29, 1.82) is 0 Å². The van der Waals surface area contributed by atoms with E-state index in [0.29, 0.717) is 11.6 Å². The smallest absolute Gasteiger partial charge is 0.0790 e. The lowest BCUT2D eigenvalue weighted by atomic mass is 10.2. The largest absolute Gasteiger partial charge is 0.326 e. The maximum Gasteiger partial charge on any atom is 0.0790 e. The van der Waals surface area contributed by atoms with Crippen LogP contribution < -0.4 is 5.73 Å². The SMILES string of the molecule is CCSc1cccc(-n2cc(Cl)cn2)c1CN. The van der Waals surface area contributed by atoms with Gasteiger partial charge in [0.15, 0.2) is 0 Å². The van der Waals surface area contributed by atoms with E-state index in [1.807, 2.05) is 12.1 Å². The molecule has 2 rings (SSSR count). The molecule has 3 nitrogen and oxygen atoms in total. The Labute approximate surface area is 110 Å². The lowest BCUT2D eigenvalue weighted by Gasteiger charge is -2.12. The van der Waals surface area contributed by atoms with Gasteiger partial charge in [0.05, 0.1) is 16.9 Å². The molecule has 0 spiro atoms. The molecular formula is C12H14ClN3S. The minimum atomic E-state index is 0.496. The number of hydrogen-bond acceptors (Lipinski definition) is 3. The van der Waals surface area contributed by atoms with Crippen LogP contribution >= 0.6 is 23.4 Å². The molecule has 1 aromatic heterocycles. The van der Waals surface area contributed by atoms with Crippen LogP contribution in [0.2, 0.25) is 5.02 Å². The summed E-state index contributed by atoms with van der Waals surface area (Å²) in [5, 5.41) is 4.84. The Morgan fingerprint density at radius 3 is 2.88 bits per heavy atom. The average Bonchev–Trinajstić information content (AvgIpc) is 2.76. The molecule has 0 radical (unpaired) electrons. The van der Waals surface area contributed by atoms with E-state index in [1.165, 1.54) is 4.90 Å². The molecule has 0 fully saturated rings. The summed E-state index contributed by atoms with van der Waals surface area (Å²) >= 11 is 7.68. The summed E-state index contributed by atoms with van der Waals surface area (Å²) in [5.74, 6) is 1.02. The maximum atomic E-state index is 5.89. The van der Waals surface area contributed by atoms with Gasteiger partial charge in [-0.15, -0.1) is 11.8 Å². The number of rotatable bonds is 4. The molecule has 0 saturated heterocycles. The van der Waals surface area contributed by atoms with E-state index in [2.05, 4.69) is 18.1 Å². The van der Waals surface area contributed by atoms with Crippen LogP contribution in [-0.2, 0) is 6.54 Å². The molecule has 0 unspecified atom stereocenters. The first-order chi connectivity index (χ1) is 8.26. The molecule has 1 heterocycles. The quantitative estimate of drug-likeness (QED) is 0.866. The van der Waals surface area contributed by atoms with Gasteiger partial charge in [-0.3, -0.25) is 0 Å². The van der Waals surface area contributed by atoms with Gasteiger partial charge in [-0.1, -0.05) is 24.6 Å². The molecule has 2 N–H and O–H groups in total. The third kappa shape index (κ3) is 2.65. The van der Waals surface area contributed by atoms with Crippen molar-refractivity contribution in [3.05, 3.63) is 41.2 Å². The summed E-state index contributed by atoms with van der Waals surface area (Å²) in [6.07, 6.45) is 3.41. The summed E-state index contributed by atoms with van der Waals surface area (Å²) in [6, 6.07) is 6.11. The number of nitrogens with zero attached hydrogens (tertiary/aromatic N) is 2. The zero-order valence-electron chi connectivity index (χ0n) is 9.56. The summed E-state index contributed by atoms with van der Waals surface area (Å²) in [4.78, 5) is 1.21. The first kappa shape index (κ1) is 12.5. The van der Waals surface area contributed by atoms with Crippen molar-refractivity contribution in [3.8, 4) is 5.69 Å². The summed E-state index contributed by atoms with van der Waals surface area (Å²) in [5.41, 5.74) is 7.95. The minimum absolute atomic E-state index is 0.496. The Morgan fingerprint density at radius 1 is 1.47 bits per heavy atom. The molecule has 0 aliphatic rings. The molecular weight excluding hydrogens is 254 g/mol. The molecule has 2 aromatic rings. The maximum absolute atomic E-state index is 5.89. The molecule has 0 bridgehead atoms. The van der Waals surface area contributed by atoms with Crippen LogP contribution in [0.15, 0.2) is 35.5 Å². The van der Waals surface area contributed by atoms with E-state index in [0.717, 1.165) is 17.0 Å². The van der Waals surface area contributed by atoms with Crippen molar-refractivity contribution in [2.45, 2.75) is 18.4 Å². The minimum Gasteiger partial charge on any atom is -0.326 e. The van der Waals surface area contributed by atoms with Crippen molar-refractivity contribution in [3.63, 3.8) is 0 Å². The van der Waals surface area contributed by atoms with Crippen LogP contribution in [0.25, 0.3) is 5.69 Å². The first-order valence-corrected chi connectivity index (χ1v) is 6.78. The van der Waals surface area contributed by atoms with Crippen molar-refractivity contribution in [2.24, 2.45) is 5.73 Å². The highest BCUT2D eigenvalue weighted by molar-refractivity contribution is 7.99. The monoisotopic (exact) mass is 267 g/mol. The molecule has 0 saturated carbocycles. The summed E-state index contributed by atoms with van der Waals surface area (Å²) in [6.45, 7) is 2.62. The van der Waals surface area contributed by atoms with Gasteiger partial charge in [0.1, 0.15) is 0 Å². The van der Waals surface area contributed by atoms with Crippen molar-refractivity contribution >= 4 is 23.4 Å². The van der Waals surface area contributed by atoms with Crippen LogP contribution in [0.1, 0.15) is 12.5 Å². The van der Waals surface area contributed by atoms with Gasteiger partial charge in [0.2, 0.25) is 0 Å². The fourth-order valence-corrected chi connectivity index (χ4v) is 2.68.